The zero-order chi connectivity index (χ0) is 16.9. The number of carbonyl (C=O) groups is 1. The van der Waals surface area contributed by atoms with Crippen LogP contribution >= 0.6 is 11.8 Å². The lowest BCUT2D eigenvalue weighted by atomic mass is 10.1. The van der Waals surface area contributed by atoms with Crippen LogP contribution in [-0.2, 0) is 0 Å². The van der Waals surface area contributed by atoms with Crippen molar-refractivity contribution in [3.05, 3.63) is 35.4 Å². The standard InChI is InChI=1S/C18H24F2N2OS/c19-16-6-5-14(11-17(16)20)18(23)22-9-4-10-24-13-15(22)12-21-7-2-1-3-8-21/h5-6,11,15H,1-4,7-10,12-13H2. The van der Waals surface area contributed by atoms with Gasteiger partial charge in [0.15, 0.2) is 11.6 Å². The van der Waals surface area contributed by atoms with E-state index in [0.717, 1.165) is 49.7 Å². The van der Waals surface area contributed by atoms with Crippen LogP contribution in [0.2, 0.25) is 0 Å². The molecule has 0 aliphatic carbocycles. The number of rotatable bonds is 3. The van der Waals surface area contributed by atoms with Gasteiger partial charge in [-0.05, 0) is 56.3 Å². The molecule has 0 spiro atoms. The molecule has 0 aromatic heterocycles. The average molecular weight is 354 g/mol. The van der Waals surface area contributed by atoms with Crippen molar-refractivity contribution in [2.75, 3.05) is 37.7 Å². The van der Waals surface area contributed by atoms with Crippen molar-refractivity contribution in [2.45, 2.75) is 31.7 Å². The van der Waals surface area contributed by atoms with E-state index >= 15 is 0 Å². The fraction of sp³-hybridized carbons (Fsp3) is 0.611. The van der Waals surface area contributed by atoms with E-state index in [2.05, 4.69) is 4.90 Å². The van der Waals surface area contributed by atoms with Gasteiger partial charge in [-0.15, -0.1) is 0 Å². The number of piperidine rings is 1. The molecule has 132 valence electrons. The fourth-order valence-electron chi connectivity index (χ4n) is 3.48. The number of nitrogens with zero attached hydrogens (tertiary/aromatic N) is 2. The van der Waals surface area contributed by atoms with Crippen LogP contribution in [0.3, 0.4) is 0 Å². The van der Waals surface area contributed by atoms with Crippen LogP contribution in [-0.4, -0.2) is 59.4 Å². The smallest absolute Gasteiger partial charge is 0.254 e. The minimum Gasteiger partial charge on any atom is -0.334 e. The highest BCUT2D eigenvalue weighted by Gasteiger charge is 2.29. The number of amides is 1. The molecule has 3 rings (SSSR count). The first-order valence-electron chi connectivity index (χ1n) is 8.71. The van der Waals surface area contributed by atoms with Crippen LogP contribution in [0.15, 0.2) is 18.2 Å². The Hall–Kier alpha value is -1.14. The molecule has 0 radical (unpaired) electrons. The van der Waals surface area contributed by atoms with Crippen molar-refractivity contribution >= 4 is 17.7 Å². The number of halogens is 2. The van der Waals surface area contributed by atoms with Gasteiger partial charge in [-0.25, -0.2) is 8.78 Å². The van der Waals surface area contributed by atoms with Crippen LogP contribution in [0.4, 0.5) is 8.78 Å². The third-order valence-electron chi connectivity index (χ3n) is 4.78. The number of thioether (sulfide) groups is 1. The number of hydrogen-bond acceptors (Lipinski definition) is 3. The third-order valence-corrected chi connectivity index (χ3v) is 5.98. The summed E-state index contributed by atoms with van der Waals surface area (Å²) in [6.45, 7) is 3.74. The van der Waals surface area contributed by atoms with Gasteiger partial charge in [-0.3, -0.25) is 4.79 Å². The molecule has 2 aliphatic heterocycles. The molecule has 1 aromatic rings. The summed E-state index contributed by atoms with van der Waals surface area (Å²) < 4.78 is 26.6. The van der Waals surface area contributed by atoms with E-state index < -0.39 is 11.6 Å². The Labute approximate surface area is 146 Å². The van der Waals surface area contributed by atoms with Crippen molar-refractivity contribution < 1.29 is 13.6 Å². The second-order valence-corrected chi connectivity index (χ2v) is 7.72. The molecule has 1 amide bonds. The molecule has 2 aliphatic rings. The van der Waals surface area contributed by atoms with E-state index in [0.29, 0.717) is 6.54 Å². The second kappa shape index (κ2) is 8.30. The van der Waals surface area contributed by atoms with Gasteiger partial charge < -0.3 is 9.80 Å². The van der Waals surface area contributed by atoms with Crippen LogP contribution in [0.5, 0.6) is 0 Å². The molecule has 6 heteroatoms. The Balaban J connectivity index is 1.75. The molecular formula is C18H24F2N2OS. The topological polar surface area (TPSA) is 23.6 Å². The Morgan fingerprint density at radius 1 is 1.08 bits per heavy atom. The Kier molecular flexibility index (Phi) is 6.11. The molecule has 1 aromatic carbocycles. The lowest BCUT2D eigenvalue weighted by Crippen LogP contribution is -2.49. The Morgan fingerprint density at radius 2 is 1.88 bits per heavy atom. The number of benzene rings is 1. The monoisotopic (exact) mass is 354 g/mol. The van der Waals surface area contributed by atoms with Crippen LogP contribution in [0, 0.1) is 11.6 Å². The van der Waals surface area contributed by atoms with Gasteiger partial charge in [0, 0.05) is 24.4 Å². The minimum atomic E-state index is -0.961. The molecule has 2 saturated heterocycles. The second-order valence-electron chi connectivity index (χ2n) is 6.57. The van der Waals surface area contributed by atoms with E-state index in [-0.39, 0.29) is 17.5 Å². The third kappa shape index (κ3) is 4.28. The lowest BCUT2D eigenvalue weighted by molar-refractivity contribution is 0.0645. The summed E-state index contributed by atoms with van der Waals surface area (Å²) in [4.78, 5) is 17.2. The average Bonchev–Trinajstić information content (AvgIpc) is 2.83. The number of likely N-dealkylation sites (tertiary alicyclic amines) is 1. The van der Waals surface area contributed by atoms with Crippen molar-refractivity contribution in [3.63, 3.8) is 0 Å². The highest BCUT2D eigenvalue weighted by Crippen LogP contribution is 2.22. The molecule has 1 atom stereocenters. The van der Waals surface area contributed by atoms with E-state index in [4.69, 9.17) is 0 Å². The predicted octanol–water partition coefficient (Wildman–Crippen LogP) is 3.40. The molecule has 0 N–H and O–H groups in total. The zero-order valence-electron chi connectivity index (χ0n) is 13.8. The highest BCUT2D eigenvalue weighted by molar-refractivity contribution is 7.99. The Morgan fingerprint density at radius 3 is 2.62 bits per heavy atom. The van der Waals surface area contributed by atoms with E-state index in [1.54, 1.807) is 0 Å². The molecule has 0 bridgehead atoms. The summed E-state index contributed by atoms with van der Waals surface area (Å²) >= 11 is 1.88. The van der Waals surface area contributed by atoms with Crippen LogP contribution in [0.1, 0.15) is 36.0 Å². The number of carbonyl (C=O) groups excluding carboxylic acids is 1. The summed E-state index contributed by atoms with van der Waals surface area (Å²) in [6.07, 6.45) is 4.66. The summed E-state index contributed by atoms with van der Waals surface area (Å²) in [5, 5.41) is 0. The van der Waals surface area contributed by atoms with Crippen molar-refractivity contribution in [2.24, 2.45) is 0 Å². The molecule has 2 heterocycles. The summed E-state index contributed by atoms with van der Waals surface area (Å²) in [7, 11) is 0. The van der Waals surface area contributed by atoms with Crippen molar-refractivity contribution in [3.8, 4) is 0 Å². The molecule has 2 fully saturated rings. The van der Waals surface area contributed by atoms with Crippen molar-refractivity contribution in [1.29, 1.82) is 0 Å². The van der Waals surface area contributed by atoms with Gasteiger partial charge in [0.05, 0.1) is 6.04 Å². The first-order chi connectivity index (χ1) is 11.6. The molecule has 3 nitrogen and oxygen atoms in total. The highest BCUT2D eigenvalue weighted by atomic mass is 32.2. The number of hydrogen-bond donors (Lipinski definition) is 0. The normalized spacial score (nSPS) is 23.1. The quantitative estimate of drug-likeness (QED) is 0.831. The van der Waals surface area contributed by atoms with Gasteiger partial charge in [0.2, 0.25) is 0 Å². The maximum atomic E-state index is 13.5. The zero-order valence-corrected chi connectivity index (χ0v) is 14.7. The van der Waals surface area contributed by atoms with E-state index in [9.17, 15) is 13.6 Å². The first-order valence-corrected chi connectivity index (χ1v) is 9.87. The maximum absolute atomic E-state index is 13.5. The van der Waals surface area contributed by atoms with E-state index in [1.165, 1.54) is 25.3 Å². The van der Waals surface area contributed by atoms with Crippen LogP contribution < -0.4 is 0 Å². The molecule has 0 saturated carbocycles. The summed E-state index contributed by atoms with van der Waals surface area (Å²) in [6, 6.07) is 3.58. The molecule has 24 heavy (non-hydrogen) atoms. The van der Waals surface area contributed by atoms with Gasteiger partial charge in [-0.1, -0.05) is 6.42 Å². The summed E-state index contributed by atoms with van der Waals surface area (Å²) in [5.74, 6) is -0.108. The Bertz CT molecular complexity index is 578. The van der Waals surface area contributed by atoms with Gasteiger partial charge >= 0.3 is 0 Å². The van der Waals surface area contributed by atoms with Gasteiger partial charge in [0.25, 0.3) is 5.91 Å². The fourth-order valence-corrected chi connectivity index (χ4v) is 4.54. The first kappa shape index (κ1) is 17.7. The molecule has 1 unspecified atom stereocenters. The van der Waals surface area contributed by atoms with E-state index in [1.807, 2.05) is 16.7 Å². The van der Waals surface area contributed by atoms with Gasteiger partial charge in [0.1, 0.15) is 0 Å². The summed E-state index contributed by atoms with van der Waals surface area (Å²) in [5.41, 5.74) is 0.240. The SMILES string of the molecule is O=C(c1ccc(F)c(F)c1)N1CCCSCC1CN1CCCCC1. The largest absolute Gasteiger partial charge is 0.334 e. The minimum absolute atomic E-state index is 0.135. The molecular weight excluding hydrogens is 330 g/mol. The van der Waals surface area contributed by atoms with Crippen molar-refractivity contribution in [1.82, 2.24) is 9.80 Å². The van der Waals surface area contributed by atoms with Gasteiger partial charge in [-0.2, -0.15) is 11.8 Å². The predicted molar refractivity (Wildman–Crippen MR) is 93.4 cm³/mol. The van der Waals surface area contributed by atoms with Crippen LogP contribution in [0.25, 0.3) is 0 Å². The maximum Gasteiger partial charge on any atom is 0.254 e. The lowest BCUT2D eigenvalue weighted by Gasteiger charge is -2.35.